The van der Waals surface area contributed by atoms with Crippen molar-refractivity contribution in [2.75, 3.05) is 5.32 Å². The summed E-state index contributed by atoms with van der Waals surface area (Å²) in [6, 6.07) is 0.650. The zero-order valence-electron chi connectivity index (χ0n) is 6.01. The molecule has 2 nitrogen and oxygen atoms in total. The molecule has 60 valence electrons. The second-order valence-electron chi connectivity index (χ2n) is 2.74. The van der Waals surface area contributed by atoms with Gasteiger partial charge in [0.25, 0.3) is 0 Å². The Bertz CT molecular complexity index is 244. The third-order valence-electron chi connectivity index (χ3n) is 1.91. The number of anilines is 1. The molecule has 1 aromatic heterocycles. The molecule has 0 amide bonds. The van der Waals surface area contributed by atoms with Gasteiger partial charge in [0.1, 0.15) is 4.34 Å². The van der Waals surface area contributed by atoms with Gasteiger partial charge in [0.15, 0.2) is 5.13 Å². The maximum absolute atomic E-state index is 5.72. The molecule has 2 rings (SSSR count). The van der Waals surface area contributed by atoms with Crippen LogP contribution in [0.5, 0.6) is 0 Å². The molecule has 0 aromatic carbocycles. The van der Waals surface area contributed by atoms with E-state index in [1.54, 1.807) is 6.20 Å². The van der Waals surface area contributed by atoms with Crippen LogP contribution in [0.3, 0.4) is 0 Å². The summed E-state index contributed by atoms with van der Waals surface area (Å²) >= 11 is 7.23. The molecule has 0 radical (unpaired) electrons. The first-order valence-corrected chi connectivity index (χ1v) is 4.92. The Balaban J connectivity index is 1.95. The Morgan fingerprint density at radius 1 is 1.64 bits per heavy atom. The van der Waals surface area contributed by atoms with E-state index in [0.29, 0.717) is 6.04 Å². The summed E-state index contributed by atoms with van der Waals surface area (Å²) in [6.45, 7) is 0. The van der Waals surface area contributed by atoms with Gasteiger partial charge in [-0.25, -0.2) is 4.98 Å². The van der Waals surface area contributed by atoms with Crippen LogP contribution in [0, 0.1) is 0 Å². The quantitative estimate of drug-likeness (QED) is 0.772. The fourth-order valence-electron chi connectivity index (χ4n) is 1.05. The van der Waals surface area contributed by atoms with Gasteiger partial charge in [0, 0.05) is 6.04 Å². The molecule has 0 atom stereocenters. The second kappa shape index (κ2) is 2.99. The van der Waals surface area contributed by atoms with Gasteiger partial charge in [-0.1, -0.05) is 22.9 Å². The van der Waals surface area contributed by atoms with Crippen molar-refractivity contribution in [1.29, 1.82) is 0 Å². The van der Waals surface area contributed by atoms with Crippen LogP contribution in [0.1, 0.15) is 19.3 Å². The topological polar surface area (TPSA) is 24.9 Å². The van der Waals surface area contributed by atoms with Crippen LogP contribution in [0.15, 0.2) is 6.20 Å². The molecule has 1 heterocycles. The first-order valence-electron chi connectivity index (χ1n) is 3.72. The lowest BCUT2D eigenvalue weighted by molar-refractivity contribution is 0.445. The van der Waals surface area contributed by atoms with E-state index in [1.807, 2.05) is 0 Å². The summed E-state index contributed by atoms with van der Waals surface area (Å²) in [6.07, 6.45) is 5.58. The molecule has 0 saturated heterocycles. The monoisotopic (exact) mass is 188 g/mol. The molecule has 11 heavy (non-hydrogen) atoms. The Kier molecular flexibility index (Phi) is 2.00. The zero-order chi connectivity index (χ0) is 7.68. The van der Waals surface area contributed by atoms with Gasteiger partial charge in [0.2, 0.25) is 0 Å². The van der Waals surface area contributed by atoms with E-state index in [9.17, 15) is 0 Å². The highest BCUT2D eigenvalue weighted by Gasteiger charge is 2.17. The van der Waals surface area contributed by atoms with Crippen molar-refractivity contribution >= 4 is 28.1 Å². The summed E-state index contributed by atoms with van der Waals surface area (Å²) in [5.41, 5.74) is 0. The van der Waals surface area contributed by atoms with Crippen molar-refractivity contribution in [1.82, 2.24) is 4.98 Å². The van der Waals surface area contributed by atoms with Crippen molar-refractivity contribution < 1.29 is 0 Å². The lowest BCUT2D eigenvalue weighted by Gasteiger charge is -2.25. The number of hydrogen-bond donors (Lipinski definition) is 1. The number of hydrogen-bond acceptors (Lipinski definition) is 3. The number of nitrogens with zero attached hydrogens (tertiary/aromatic N) is 1. The van der Waals surface area contributed by atoms with Gasteiger partial charge in [-0.15, -0.1) is 0 Å². The van der Waals surface area contributed by atoms with E-state index in [4.69, 9.17) is 11.6 Å². The number of halogens is 1. The lowest BCUT2D eigenvalue weighted by atomic mass is 9.93. The first-order chi connectivity index (χ1) is 5.34. The van der Waals surface area contributed by atoms with Gasteiger partial charge >= 0.3 is 0 Å². The molecule has 0 spiro atoms. The average Bonchev–Trinajstić information content (AvgIpc) is 2.27. The standard InChI is InChI=1S/C7H9ClN2S/c8-6-4-9-7(11-6)10-5-2-1-3-5/h4-5H,1-3H2,(H,9,10). The minimum Gasteiger partial charge on any atom is -0.359 e. The van der Waals surface area contributed by atoms with E-state index in [2.05, 4.69) is 10.3 Å². The first kappa shape index (κ1) is 7.37. The third kappa shape index (κ3) is 1.65. The van der Waals surface area contributed by atoms with E-state index in [1.165, 1.54) is 30.6 Å². The molecule has 1 saturated carbocycles. The third-order valence-corrected chi connectivity index (χ3v) is 2.96. The van der Waals surface area contributed by atoms with Crippen LogP contribution in [0.25, 0.3) is 0 Å². The number of nitrogens with one attached hydrogen (secondary N) is 1. The zero-order valence-corrected chi connectivity index (χ0v) is 7.58. The second-order valence-corrected chi connectivity index (χ2v) is 4.40. The number of aromatic nitrogens is 1. The Morgan fingerprint density at radius 3 is 2.91 bits per heavy atom. The molecule has 1 aliphatic rings. The van der Waals surface area contributed by atoms with Crippen LogP contribution in [-0.2, 0) is 0 Å². The molecule has 1 aromatic rings. The van der Waals surface area contributed by atoms with E-state index in [-0.39, 0.29) is 0 Å². The summed E-state index contributed by atoms with van der Waals surface area (Å²) in [7, 11) is 0. The Hall–Kier alpha value is -0.280. The molecule has 1 fully saturated rings. The fourth-order valence-corrected chi connectivity index (χ4v) is 1.94. The van der Waals surface area contributed by atoms with Crippen LogP contribution < -0.4 is 5.32 Å². The van der Waals surface area contributed by atoms with Gasteiger partial charge < -0.3 is 5.32 Å². The molecular weight excluding hydrogens is 180 g/mol. The smallest absolute Gasteiger partial charge is 0.184 e. The van der Waals surface area contributed by atoms with Gasteiger partial charge in [-0.2, -0.15) is 0 Å². The van der Waals surface area contributed by atoms with Crippen LogP contribution >= 0.6 is 22.9 Å². The van der Waals surface area contributed by atoms with Crippen molar-refractivity contribution in [2.45, 2.75) is 25.3 Å². The minimum atomic E-state index is 0.650. The minimum absolute atomic E-state index is 0.650. The molecule has 1 aliphatic carbocycles. The summed E-state index contributed by atoms with van der Waals surface area (Å²) in [5.74, 6) is 0. The van der Waals surface area contributed by atoms with Crippen molar-refractivity contribution in [3.63, 3.8) is 0 Å². The van der Waals surface area contributed by atoms with Crippen LogP contribution in [0.2, 0.25) is 4.34 Å². The maximum atomic E-state index is 5.72. The number of rotatable bonds is 2. The van der Waals surface area contributed by atoms with E-state index < -0.39 is 0 Å². The molecule has 0 bridgehead atoms. The van der Waals surface area contributed by atoms with Gasteiger partial charge in [0.05, 0.1) is 6.20 Å². The van der Waals surface area contributed by atoms with Crippen molar-refractivity contribution in [3.8, 4) is 0 Å². The SMILES string of the molecule is Clc1cnc(NC2CCC2)s1. The summed E-state index contributed by atoms with van der Waals surface area (Å²) in [5, 5.41) is 4.28. The van der Waals surface area contributed by atoms with E-state index >= 15 is 0 Å². The Morgan fingerprint density at radius 2 is 2.45 bits per heavy atom. The highest BCUT2D eigenvalue weighted by molar-refractivity contribution is 7.19. The maximum Gasteiger partial charge on any atom is 0.184 e. The van der Waals surface area contributed by atoms with Crippen molar-refractivity contribution in [3.05, 3.63) is 10.5 Å². The fraction of sp³-hybridized carbons (Fsp3) is 0.571. The average molecular weight is 189 g/mol. The normalized spacial score (nSPS) is 17.9. The lowest BCUT2D eigenvalue weighted by Crippen LogP contribution is -2.26. The van der Waals surface area contributed by atoms with Crippen molar-refractivity contribution in [2.24, 2.45) is 0 Å². The predicted octanol–water partition coefficient (Wildman–Crippen LogP) is 2.76. The van der Waals surface area contributed by atoms with Crippen LogP contribution in [0.4, 0.5) is 5.13 Å². The molecule has 0 unspecified atom stereocenters. The van der Waals surface area contributed by atoms with Gasteiger partial charge in [-0.3, -0.25) is 0 Å². The molecule has 0 aliphatic heterocycles. The Labute approximate surface area is 74.6 Å². The molecule has 4 heteroatoms. The summed E-state index contributed by atoms with van der Waals surface area (Å²) in [4.78, 5) is 4.11. The van der Waals surface area contributed by atoms with E-state index in [0.717, 1.165) is 9.47 Å². The van der Waals surface area contributed by atoms with Crippen LogP contribution in [-0.4, -0.2) is 11.0 Å². The largest absolute Gasteiger partial charge is 0.359 e. The molecule has 1 N–H and O–H groups in total. The highest BCUT2D eigenvalue weighted by atomic mass is 35.5. The molecular formula is C7H9ClN2S. The van der Waals surface area contributed by atoms with Gasteiger partial charge in [-0.05, 0) is 19.3 Å². The predicted molar refractivity (Wildman–Crippen MR) is 48.4 cm³/mol. The summed E-state index contributed by atoms with van der Waals surface area (Å²) < 4.78 is 0.756. The highest BCUT2D eigenvalue weighted by Crippen LogP contribution is 2.27. The number of thiazole rings is 1.